The lowest BCUT2D eigenvalue weighted by Gasteiger charge is -2.15. The molecule has 3 N–H and O–H groups in total. The second-order valence-electron chi connectivity index (χ2n) is 4.57. The van der Waals surface area contributed by atoms with Gasteiger partial charge in [-0.05, 0) is 40.5 Å². The van der Waals surface area contributed by atoms with E-state index in [2.05, 4.69) is 20.7 Å². The van der Waals surface area contributed by atoms with Gasteiger partial charge in [0.25, 0.3) is 0 Å². The van der Waals surface area contributed by atoms with Crippen molar-refractivity contribution in [1.82, 2.24) is 4.72 Å². The van der Waals surface area contributed by atoms with Crippen molar-refractivity contribution in [1.29, 1.82) is 0 Å². The van der Waals surface area contributed by atoms with Crippen LogP contribution >= 0.6 is 15.9 Å². The zero-order chi connectivity index (χ0) is 15.6. The van der Waals surface area contributed by atoms with Gasteiger partial charge in [-0.25, -0.2) is 17.5 Å². The van der Waals surface area contributed by atoms with Crippen molar-refractivity contribution in [2.75, 3.05) is 5.73 Å². The van der Waals surface area contributed by atoms with Gasteiger partial charge in [0.05, 0.1) is 4.47 Å². The zero-order valence-corrected chi connectivity index (χ0v) is 13.6. The molecule has 0 amide bonds. The monoisotopic (exact) mass is 372 g/mol. The van der Waals surface area contributed by atoms with Crippen molar-refractivity contribution < 1.29 is 12.8 Å². The molecule has 0 fully saturated rings. The fourth-order valence-corrected chi connectivity index (χ4v) is 3.86. The zero-order valence-electron chi connectivity index (χ0n) is 11.2. The highest BCUT2D eigenvalue weighted by Gasteiger charge is 2.24. The fraction of sp³-hybridized carbons (Fsp3) is 0.143. The quantitative estimate of drug-likeness (QED) is 0.809. The van der Waals surface area contributed by atoms with E-state index in [4.69, 9.17) is 5.73 Å². The summed E-state index contributed by atoms with van der Waals surface area (Å²) in [6.45, 7) is 1.69. The van der Waals surface area contributed by atoms with Crippen LogP contribution in [0.1, 0.15) is 18.5 Å². The Bertz CT molecular complexity index is 751. The number of nitrogens with two attached hydrogens (primary N) is 1. The molecule has 0 radical (unpaired) electrons. The summed E-state index contributed by atoms with van der Waals surface area (Å²) in [6, 6.07) is 10.9. The Hall–Kier alpha value is -1.44. The van der Waals surface area contributed by atoms with Gasteiger partial charge in [0, 0.05) is 11.7 Å². The van der Waals surface area contributed by atoms with Gasteiger partial charge in [-0.15, -0.1) is 0 Å². The average molecular weight is 373 g/mol. The number of anilines is 1. The molecule has 2 aromatic rings. The predicted octanol–water partition coefficient (Wildman–Crippen LogP) is 3.21. The molecule has 0 aliphatic heterocycles. The summed E-state index contributed by atoms with van der Waals surface area (Å²) in [5, 5.41) is 0. The van der Waals surface area contributed by atoms with Gasteiger partial charge >= 0.3 is 0 Å². The highest BCUT2D eigenvalue weighted by molar-refractivity contribution is 9.10. The molecule has 0 aliphatic carbocycles. The van der Waals surface area contributed by atoms with E-state index in [0.29, 0.717) is 0 Å². The number of sulfonamides is 1. The molecule has 0 unspecified atom stereocenters. The molecule has 112 valence electrons. The van der Waals surface area contributed by atoms with Crippen molar-refractivity contribution in [3.63, 3.8) is 0 Å². The topological polar surface area (TPSA) is 72.2 Å². The Morgan fingerprint density at radius 3 is 2.48 bits per heavy atom. The highest BCUT2D eigenvalue weighted by atomic mass is 79.9. The van der Waals surface area contributed by atoms with Gasteiger partial charge in [0.2, 0.25) is 10.0 Å². The molecule has 1 atom stereocenters. The van der Waals surface area contributed by atoms with Crippen LogP contribution in [-0.4, -0.2) is 8.42 Å². The summed E-state index contributed by atoms with van der Waals surface area (Å²) in [5.74, 6) is -0.864. The molecule has 0 aliphatic rings. The van der Waals surface area contributed by atoms with Crippen LogP contribution in [-0.2, 0) is 10.0 Å². The minimum Gasteiger partial charge on any atom is -0.399 e. The van der Waals surface area contributed by atoms with E-state index < -0.39 is 26.8 Å². The Labute approximate surface area is 131 Å². The van der Waals surface area contributed by atoms with Crippen molar-refractivity contribution in [2.45, 2.75) is 17.9 Å². The Morgan fingerprint density at radius 1 is 1.24 bits per heavy atom. The molecular formula is C14H14BrFN2O2S. The van der Waals surface area contributed by atoms with Crippen LogP contribution in [0.25, 0.3) is 0 Å². The minimum atomic E-state index is -4.02. The predicted molar refractivity (Wildman–Crippen MR) is 83.7 cm³/mol. The molecule has 0 saturated carbocycles. The summed E-state index contributed by atoms with van der Waals surface area (Å²) in [7, 11) is -4.02. The molecular weight excluding hydrogens is 359 g/mol. The first-order valence-electron chi connectivity index (χ1n) is 6.13. The van der Waals surface area contributed by atoms with Gasteiger partial charge in [0.15, 0.2) is 5.82 Å². The van der Waals surface area contributed by atoms with Gasteiger partial charge in [-0.2, -0.15) is 0 Å². The average Bonchev–Trinajstić information content (AvgIpc) is 2.43. The number of hydrogen-bond acceptors (Lipinski definition) is 3. The lowest BCUT2D eigenvalue weighted by Crippen LogP contribution is -2.27. The van der Waals surface area contributed by atoms with E-state index in [1.165, 1.54) is 6.07 Å². The molecule has 0 spiro atoms. The van der Waals surface area contributed by atoms with Crippen molar-refractivity contribution in [2.24, 2.45) is 0 Å². The molecule has 7 heteroatoms. The lowest BCUT2D eigenvalue weighted by atomic mass is 10.1. The first-order valence-corrected chi connectivity index (χ1v) is 8.40. The molecule has 2 aromatic carbocycles. The summed E-state index contributed by atoms with van der Waals surface area (Å²) in [6.07, 6.45) is 0. The molecule has 2 rings (SSSR count). The van der Waals surface area contributed by atoms with E-state index in [9.17, 15) is 12.8 Å². The van der Waals surface area contributed by atoms with E-state index in [-0.39, 0.29) is 10.2 Å². The van der Waals surface area contributed by atoms with E-state index in [0.717, 1.165) is 11.6 Å². The van der Waals surface area contributed by atoms with Gasteiger partial charge < -0.3 is 5.73 Å². The fourth-order valence-electron chi connectivity index (χ4n) is 1.89. The third-order valence-corrected chi connectivity index (χ3v) is 5.06. The van der Waals surface area contributed by atoms with Gasteiger partial charge in [-0.3, -0.25) is 0 Å². The lowest BCUT2D eigenvalue weighted by molar-refractivity contribution is 0.545. The van der Waals surface area contributed by atoms with Crippen LogP contribution in [0.5, 0.6) is 0 Å². The van der Waals surface area contributed by atoms with Crippen LogP contribution in [0.15, 0.2) is 51.8 Å². The summed E-state index contributed by atoms with van der Waals surface area (Å²) < 4.78 is 41.1. The third-order valence-electron chi connectivity index (χ3n) is 2.94. The van der Waals surface area contributed by atoms with E-state index in [1.54, 1.807) is 31.2 Å². The van der Waals surface area contributed by atoms with Crippen molar-refractivity contribution in [3.8, 4) is 0 Å². The number of nitrogens with one attached hydrogen (secondary N) is 1. The number of nitrogen functional groups attached to an aromatic ring is 1. The van der Waals surface area contributed by atoms with Crippen LogP contribution in [0.2, 0.25) is 0 Å². The maximum atomic E-state index is 14.0. The number of hydrogen-bond donors (Lipinski definition) is 2. The molecule has 0 saturated heterocycles. The smallest absolute Gasteiger partial charge is 0.244 e. The highest BCUT2D eigenvalue weighted by Crippen LogP contribution is 2.27. The normalized spacial score (nSPS) is 13.1. The van der Waals surface area contributed by atoms with Crippen molar-refractivity contribution in [3.05, 3.63) is 58.3 Å². The largest absolute Gasteiger partial charge is 0.399 e. The Morgan fingerprint density at radius 2 is 1.86 bits per heavy atom. The van der Waals surface area contributed by atoms with Crippen LogP contribution < -0.4 is 10.5 Å². The maximum absolute atomic E-state index is 14.0. The standard InChI is InChI=1S/C14H14BrFN2O2S/c1-9(10-5-3-2-4-6-10)18-21(19,20)13-8-11(17)7-12(15)14(13)16/h2-9,18H,17H2,1H3/t9-/m1/s1. The molecule has 0 bridgehead atoms. The SMILES string of the molecule is C[C@@H](NS(=O)(=O)c1cc(N)cc(Br)c1F)c1ccccc1. The molecule has 21 heavy (non-hydrogen) atoms. The van der Waals surface area contributed by atoms with Crippen LogP contribution in [0, 0.1) is 5.82 Å². The second kappa shape index (κ2) is 6.13. The Kier molecular flexibility index (Phi) is 4.65. The molecule has 0 aromatic heterocycles. The number of halogens is 2. The third kappa shape index (κ3) is 3.61. The Balaban J connectivity index is 2.35. The van der Waals surface area contributed by atoms with Crippen LogP contribution in [0.3, 0.4) is 0 Å². The van der Waals surface area contributed by atoms with Gasteiger partial charge in [-0.1, -0.05) is 30.3 Å². The number of rotatable bonds is 4. The molecule has 4 nitrogen and oxygen atoms in total. The second-order valence-corrected chi connectivity index (χ2v) is 7.11. The van der Waals surface area contributed by atoms with Gasteiger partial charge in [0.1, 0.15) is 4.90 Å². The summed E-state index contributed by atoms with van der Waals surface area (Å²) in [4.78, 5) is -0.475. The van der Waals surface area contributed by atoms with E-state index in [1.807, 2.05) is 6.07 Å². The van der Waals surface area contributed by atoms with Crippen molar-refractivity contribution >= 4 is 31.6 Å². The first-order chi connectivity index (χ1) is 9.81. The van der Waals surface area contributed by atoms with Crippen LogP contribution in [0.4, 0.5) is 10.1 Å². The first kappa shape index (κ1) is 15.9. The summed E-state index contributed by atoms with van der Waals surface area (Å²) >= 11 is 2.95. The number of benzene rings is 2. The summed E-state index contributed by atoms with van der Waals surface area (Å²) in [5.41, 5.74) is 6.52. The maximum Gasteiger partial charge on any atom is 0.244 e. The van der Waals surface area contributed by atoms with E-state index >= 15 is 0 Å². The minimum absolute atomic E-state index is 0.00948. The molecule has 0 heterocycles.